The molecule has 1 aliphatic rings. The van der Waals surface area contributed by atoms with Crippen molar-refractivity contribution in [2.75, 3.05) is 13.2 Å². The zero-order valence-electron chi connectivity index (χ0n) is 8.76. The zero-order chi connectivity index (χ0) is 10.8. The molecule has 1 aromatic heterocycles. The number of likely N-dealkylation sites (tertiary alicyclic amines) is 1. The molecule has 0 radical (unpaired) electrons. The average Bonchev–Trinajstić information content (AvgIpc) is 2.84. The molecule has 2 rings (SSSR count). The number of amides is 1. The molecule has 15 heavy (non-hydrogen) atoms. The molecule has 0 aromatic carbocycles. The van der Waals surface area contributed by atoms with E-state index in [0.717, 1.165) is 19.4 Å². The molecular formula is C10H15N3O2. The second kappa shape index (κ2) is 4.02. The van der Waals surface area contributed by atoms with Crippen molar-refractivity contribution in [2.24, 2.45) is 7.05 Å². The standard InChI is InChI=1S/C10H15N3O2/c1-12-6-4-9(11-12)10(15)13-5-2-3-8(13)7-14/h4,6,8,14H,2-3,5,7H2,1H3. The van der Waals surface area contributed by atoms with Crippen molar-refractivity contribution in [1.29, 1.82) is 0 Å². The SMILES string of the molecule is Cn1ccc(C(=O)N2CCCC2CO)n1. The normalized spacial score (nSPS) is 20.9. The molecule has 1 unspecified atom stereocenters. The molecular weight excluding hydrogens is 194 g/mol. The highest BCUT2D eigenvalue weighted by atomic mass is 16.3. The Hall–Kier alpha value is -1.36. The molecule has 0 aliphatic carbocycles. The van der Waals surface area contributed by atoms with Gasteiger partial charge in [-0.1, -0.05) is 0 Å². The Kier molecular flexibility index (Phi) is 2.73. The van der Waals surface area contributed by atoms with E-state index >= 15 is 0 Å². The van der Waals surface area contributed by atoms with E-state index in [1.807, 2.05) is 0 Å². The van der Waals surface area contributed by atoms with E-state index in [9.17, 15) is 4.79 Å². The van der Waals surface area contributed by atoms with Gasteiger partial charge in [0.1, 0.15) is 5.69 Å². The van der Waals surface area contributed by atoms with Crippen molar-refractivity contribution in [3.63, 3.8) is 0 Å². The lowest BCUT2D eigenvalue weighted by Gasteiger charge is -2.21. The second-order valence-electron chi connectivity index (χ2n) is 3.85. The highest BCUT2D eigenvalue weighted by Gasteiger charge is 2.29. The van der Waals surface area contributed by atoms with Crippen LogP contribution in [-0.4, -0.2) is 44.9 Å². The van der Waals surface area contributed by atoms with Gasteiger partial charge in [0.05, 0.1) is 12.6 Å². The van der Waals surface area contributed by atoms with Crippen molar-refractivity contribution in [3.05, 3.63) is 18.0 Å². The fourth-order valence-electron chi connectivity index (χ4n) is 1.97. The number of carbonyl (C=O) groups is 1. The molecule has 1 amide bonds. The third-order valence-electron chi connectivity index (χ3n) is 2.78. The van der Waals surface area contributed by atoms with Crippen LogP contribution in [0.3, 0.4) is 0 Å². The Bertz CT molecular complexity index is 361. The molecule has 2 heterocycles. The van der Waals surface area contributed by atoms with E-state index in [1.54, 1.807) is 28.9 Å². The summed E-state index contributed by atoms with van der Waals surface area (Å²) in [5, 5.41) is 13.2. The number of aryl methyl sites for hydroxylation is 1. The summed E-state index contributed by atoms with van der Waals surface area (Å²) in [6.45, 7) is 0.763. The first-order chi connectivity index (χ1) is 7.22. The van der Waals surface area contributed by atoms with Gasteiger partial charge in [-0.3, -0.25) is 9.48 Å². The van der Waals surface area contributed by atoms with E-state index in [-0.39, 0.29) is 18.6 Å². The first-order valence-corrected chi connectivity index (χ1v) is 5.14. The minimum absolute atomic E-state index is 0.0282. The van der Waals surface area contributed by atoms with Crippen LogP contribution in [0.5, 0.6) is 0 Å². The molecule has 1 saturated heterocycles. The van der Waals surface area contributed by atoms with Gasteiger partial charge in [-0.25, -0.2) is 0 Å². The molecule has 1 aromatic rings. The van der Waals surface area contributed by atoms with Gasteiger partial charge < -0.3 is 10.0 Å². The lowest BCUT2D eigenvalue weighted by atomic mass is 10.2. The van der Waals surface area contributed by atoms with Gasteiger partial charge in [0.25, 0.3) is 5.91 Å². The summed E-state index contributed by atoms with van der Waals surface area (Å²) in [5.41, 5.74) is 0.456. The molecule has 0 spiro atoms. The molecule has 1 aliphatic heterocycles. The molecule has 1 N–H and O–H groups in total. The summed E-state index contributed by atoms with van der Waals surface area (Å²) >= 11 is 0. The summed E-state index contributed by atoms with van der Waals surface area (Å²) in [5.74, 6) is -0.0767. The van der Waals surface area contributed by atoms with Crippen LogP contribution in [-0.2, 0) is 7.05 Å². The van der Waals surface area contributed by atoms with Gasteiger partial charge in [-0.05, 0) is 18.9 Å². The Balaban J connectivity index is 2.13. The predicted molar refractivity (Wildman–Crippen MR) is 54.4 cm³/mol. The maximum Gasteiger partial charge on any atom is 0.274 e. The van der Waals surface area contributed by atoms with Gasteiger partial charge in [0.15, 0.2) is 0 Å². The maximum atomic E-state index is 12.0. The number of rotatable bonds is 2. The van der Waals surface area contributed by atoms with Gasteiger partial charge in [0, 0.05) is 19.8 Å². The van der Waals surface area contributed by atoms with E-state index < -0.39 is 0 Å². The largest absolute Gasteiger partial charge is 0.394 e. The second-order valence-corrected chi connectivity index (χ2v) is 3.85. The number of aliphatic hydroxyl groups is 1. The number of hydrogen-bond donors (Lipinski definition) is 1. The Morgan fingerprint density at radius 3 is 3.13 bits per heavy atom. The summed E-state index contributed by atoms with van der Waals surface area (Å²) < 4.78 is 1.61. The topological polar surface area (TPSA) is 58.4 Å². The van der Waals surface area contributed by atoms with Crippen molar-refractivity contribution >= 4 is 5.91 Å². The molecule has 82 valence electrons. The van der Waals surface area contributed by atoms with Crippen LogP contribution in [0.2, 0.25) is 0 Å². The van der Waals surface area contributed by atoms with E-state index in [1.165, 1.54) is 0 Å². The molecule has 0 bridgehead atoms. The zero-order valence-corrected chi connectivity index (χ0v) is 8.76. The third kappa shape index (κ3) is 1.87. The Morgan fingerprint density at radius 2 is 2.53 bits per heavy atom. The van der Waals surface area contributed by atoms with Gasteiger partial charge in [0.2, 0.25) is 0 Å². The van der Waals surface area contributed by atoms with E-state index in [4.69, 9.17) is 5.11 Å². The monoisotopic (exact) mass is 209 g/mol. The molecule has 5 heteroatoms. The van der Waals surface area contributed by atoms with Crippen LogP contribution in [0.4, 0.5) is 0 Å². The quantitative estimate of drug-likeness (QED) is 0.747. The van der Waals surface area contributed by atoms with Gasteiger partial charge in [-0.2, -0.15) is 5.10 Å². The number of aliphatic hydroxyl groups excluding tert-OH is 1. The molecule has 5 nitrogen and oxygen atoms in total. The molecule has 1 atom stereocenters. The lowest BCUT2D eigenvalue weighted by Crippen LogP contribution is -2.37. The smallest absolute Gasteiger partial charge is 0.274 e. The van der Waals surface area contributed by atoms with Crippen molar-refractivity contribution in [1.82, 2.24) is 14.7 Å². The van der Waals surface area contributed by atoms with Crippen molar-refractivity contribution < 1.29 is 9.90 Å². The van der Waals surface area contributed by atoms with Crippen LogP contribution < -0.4 is 0 Å². The highest BCUT2D eigenvalue weighted by molar-refractivity contribution is 5.92. The minimum atomic E-state index is -0.0767. The predicted octanol–water partition coefficient (Wildman–Crippen LogP) is 0.0170. The van der Waals surface area contributed by atoms with Crippen LogP contribution in [0.15, 0.2) is 12.3 Å². The van der Waals surface area contributed by atoms with E-state index in [2.05, 4.69) is 5.10 Å². The third-order valence-corrected chi connectivity index (χ3v) is 2.78. The lowest BCUT2D eigenvalue weighted by molar-refractivity contribution is 0.0671. The average molecular weight is 209 g/mol. The Labute approximate surface area is 88.3 Å². The number of hydrogen-bond acceptors (Lipinski definition) is 3. The number of carbonyl (C=O) groups excluding carboxylic acids is 1. The summed E-state index contributed by atoms with van der Waals surface area (Å²) in [4.78, 5) is 13.7. The van der Waals surface area contributed by atoms with Crippen molar-refractivity contribution in [2.45, 2.75) is 18.9 Å². The van der Waals surface area contributed by atoms with Crippen LogP contribution in [0.25, 0.3) is 0 Å². The summed E-state index contributed by atoms with van der Waals surface area (Å²) in [6, 6.07) is 1.68. The minimum Gasteiger partial charge on any atom is -0.394 e. The highest BCUT2D eigenvalue weighted by Crippen LogP contribution is 2.18. The van der Waals surface area contributed by atoms with Crippen molar-refractivity contribution in [3.8, 4) is 0 Å². The fraction of sp³-hybridized carbons (Fsp3) is 0.600. The molecule has 0 saturated carbocycles. The number of aromatic nitrogens is 2. The van der Waals surface area contributed by atoms with Crippen LogP contribution >= 0.6 is 0 Å². The Morgan fingerprint density at radius 1 is 1.73 bits per heavy atom. The van der Waals surface area contributed by atoms with E-state index in [0.29, 0.717) is 5.69 Å². The van der Waals surface area contributed by atoms with Crippen LogP contribution in [0.1, 0.15) is 23.3 Å². The first-order valence-electron chi connectivity index (χ1n) is 5.14. The van der Waals surface area contributed by atoms with Gasteiger partial charge in [-0.15, -0.1) is 0 Å². The molecule has 1 fully saturated rings. The summed E-state index contributed by atoms with van der Waals surface area (Å²) in [7, 11) is 1.78. The summed E-state index contributed by atoms with van der Waals surface area (Å²) in [6.07, 6.45) is 3.59. The number of nitrogens with zero attached hydrogens (tertiary/aromatic N) is 3. The maximum absolute atomic E-state index is 12.0. The first kappa shape index (κ1) is 10.2. The van der Waals surface area contributed by atoms with Crippen LogP contribution in [0, 0.1) is 0 Å². The van der Waals surface area contributed by atoms with Gasteiger partial charge >= 0.3 is 0 Å². The fourth-order valence-corrected chi connectivity index (χ4v) is 1.97.